The Labute approximate surface area is 536 Å². The van der Waals surface area contributed by atoms with Gasteiger partial charge in [-0.3, -0.25) is 43.2 Å². The van der Waals surface area contributed by atoms with E-state index in [0.717, 1.165) is 30.2 Å². The molecule has 0 aromatic heterocycles. The lowest BCUT2D eigenvalue weighted by atomic mass is 9.62. The first-order valence-electron chi connectivity index (χ1n) is 30.7. The zero-order valence-electron chi connectivity index (χ0n) is 53.1. The van der Waals surface area contributed by atoms with Crippen molar-refractivity contribution in [3.05, 3.63) is 240 Å². The van der Waals surface area contributed by atoms with Gasteiger partial charge in [-0.25, -0.2) is 4.79 Å². The minimum Gasteiger partial charge on any atom is -0.507 e. The molecule has 8 atom stereocenters. The molecule has 1 spiro atoms. The Hall–Kier alpha value is -9.68. The second-order valence-corrected chi connectivity index (χ2v) is 26.5. The summed E-state index contributed by atoms with van der Waals surface area (Å²) < 4.78 is 16.8. The molecule has 93 heavy (non-hydrogen) atoms. The SMILES string of the molecule is CC(C)=CC1CC2(C)OC3=C(C(=O)c4ccccc4C3=O)C3C2C12C(=O)c1ccccc1C3(O)C2=O.CC(C)=CCC1=C(O)c2ccccc2C(=O)C1=O.CC1(C)CCC2=C(O1)C(=O)c1ccccc1C2=O.COC(=O)C1(O)c2ccccc2C(=O)C1(O)CC=C(C)C. The largest absolute Gasteiger partial charge is 0.507 e. The molecule has 2 bridgehead atoms. The van der Waals surface area contributed by atoms with Crippen LogP contribution < -0.4 is 0 Å². The summed E-state index contributed by atoms with van der Waals surface area (Å²) in [4.78, 5) is 130. The summed E-state index contributed by atoms with van der Waals surface area (Å²) in [5, 5.41) is 44.2. The quantitative estimate of drug-likeness (QED) is 0.0532. The van der Waals surface area contributed by atoms with E-state index in [4.69, 9.17) is 9.47 Å². The Kier molecular flexibility index (Phi) is 16.1. The number of aliphatic hydroxyl groups is 4. The molecule has 0 radical (unpaired) electrons. The number of esters is 1. The maximum Gasteiger partial charge on any atom is 0.346 e. The maximum absolute atomic E-state index is 14.5. The van der Waals surface area contributed by atoms with Gasteiger partial charge in [-0.1, -0.05) is 156 Å². The average molecular weight is 1260 g/mol. The molecular formula is C76H70O17. The van der Waals surface area contributed by atoms with Crippen molar-refractivity contribution in [2.24, 2.45) is 23.2 Å². The van der Waals surface area contributed by atoms with Crippen LogP contribution in [0.2, 0.25) is 0 Å². The summed E-state index contributed by atoms with van der Waals surface area (Å²) in [6, 6.07) is 32.8. The Balaban J connectivity index is 0.000000134. The lowest BCUT2D eigenvalue weighted by molar-refractivity contribution is -0.186. The van der Waals surface area contributed by atoms with Crippen molar-refractivity contribution in [2.45, 2.75) is 122 Å². The van der Waals surface area contributed by atoms with Crippen LogP contribution in [0.15, 0.2) is 185 Å². The third-order valence-electron chi connectivity index (χ3n) is 19.4. The average Bonchev–Trinajstić information content (AvgIpc) is 1.47. The molecule has 0 amide bonds. The predicted molar refractivity (Wildman–Crippen MR) is 340 cm³/mol. The maximum atomic E-state index is 14.5. The molecule has 5 aromatic rings. The van der Waals surface area contributed by atoms with Crippen molar-refractivity contribution in [1.29, 1.82) is 0 Å². The summed E-state index contributed by atoms with van der Waals surface area (Å²) in [6.07, 6.45) is 7.14. The topological polar surface area (TPSA) is 279 Å². The van der Waals surface area contributed by atoms with Crippen molar-refractivity contribution in [3.8, 4) is 0 Å². The van der Waals surface area contributed by atoms with Gasteiger partial charge in [0.2, 0.25) is 28.7 Å². The molecule has 476 valence electrons. The van der Waals surface area contributed by atoms with Gasteiger partial charge < -0.3 is 34.6 Å². The molecule has 0 saturated heterocycles. The Morgan fingerprint density at radius 3 is 1.59 bits per heavy atom. The number of carbonyl (C=O) groups is 10. The van der Waals surface area contributed by atoms with Crippen LogP contribution in [0.25, 0.3) is 5.76 Å². The number of aliphatic hydroxyl groups excluding tert-OH is 1. The fourth-order valence-corrected chi connectivity index (χ4v) is 15.1. The molecule has 2 saturated carbocycles. The molecule has 2 aliphatic heterocycles. The van der Waals surface area contributed by atoms with E-state index in [1.165, 1.54) is 12.1 Å². The van der Waals surface area contributed by atoms with E-state index in [1.54, 1.807) is 129 Å². The van der Waals surface area contributed by atoms with Crippen molar-refractivity contribution >= 4 is 63.8 Å². The first-order valence-corrected chi connectivity index (χ1v) is 30.7. The van der Waals surface area contributed by atoms with Crippen LogP contribution in [0.1, 0.15) is 184 Å². The number of ether oxygens (including phenoxy) is 3. The molecule has 17 heteroatoms. The van der Waals surface area contributed by atoms with Crippen molar-refractivity contribution in [2.75, 3.05) is 7.11 Å². The van der Waals surface area contributed by atoms with Crippen LogP contribution in [0.5, 0.6) is 0 Å². The Bertz CT molecular complexity index is 4410. The zero-order valence-corrected chi connectivity index (χ0v) is 53.1. The number of ketones is 9. The van der Waals surface area contributed by atoms with Gasteiger partial charge >= 0.3 is 5.97 Å². The van der Waals surface area contributed by atoms with Crippen molar-refractivity contribution in [3.63, 3.8) is 0 Å². The van der Waals surface area contributed by atoms with Crippen LogP contribution in [0.3, 0.4) is 0 Å². The molecule has 5 aromatic carbocycles. The summed E-state index contributed by atoms with van der Waals surface area (Å²) >= 11 is 0. The van der Waals surface area contributed by atoms with Crippen LogP contribution in [-0.2, 0) is 39.8 Å². The number of carbonyl (C=O) groups excluding carboxylic acids is 10. The van der Waals surface area contributed by atoms with Gasteiger partial charge in [0.05, 0.1) is 12.7 Å². The smallest absolute Gasteiger partial charge is 0.346 e. The van der Waals surface area contributed by atoms with Gasteiger partial charge in [0.25, 0.3) is 0 Å². The highest BCUT2D eigenvalue weighted by Crippen LogP contribution is 2.74. The number of hydrogen-bond donors (Lipinski definition) is 4. The lowest BCUT2D eigenvalue weighted by Crippen LogP contribution is -2.57. The predicted octanol–water partition coefficient (Wildman–Crippen LogP) is 11.3. The minimum absolute atomic E-state index is 0.0150. The van der Waals surface area contributed by atoms with E-state index >= 15 is 0 Å². The number of rotatable bonds is 6. The van der Waals surface area contributed by atoms with Gasteiger partial charge in [0.15, 0.2) is 51.6 Å². The molecule has 2 heterocycles. The second kappa shape index (κ2) is 23.2. The van der Waals surface area contributed by atoms with Crippen molar-refractivity contribution in [1.82, 2.24) is 0 Å². The van der Waals surface area contributed by atoms with Gasteiger partial charge in [-0.05, 0) is 88.0 Å². The normalized spacial score (nSPS) is 27.5. The molecule has 14 rings (SSSR count). The van der Waals surface area contributed by atoms with Gasteiger partial charge in [0, 0.05) is 91.0 Å². The van der Waals surface area contributed by atoms with Gasteiger partial charge in [0.1, 0.15) is 22.4 Å². The van der Waals surface area contributed by atoms with Crippen molar-refractivity contribution < 1.29 is 82.6 Å². The Morgan fingerprint density at radius 1 is 0.559 bits per heavy atom. The van der Waals surface area contributed by atoms with Crippen LogP contribution in [-0.4, -0.2) is 102 Å². The monoisotopic (exact) mass is 1250 g/mol. The first kappa shape index (κ1) is 64.8. The zero-order chi connectivity index (χ0) is 67.4. The summed E-state index contributed by atoms with van der Waals surface area (Å²) in [5.74, 6) is -7.24. The molecular weight excluding hydrogens is 1180 g/mol. The summed E-state index contributed by atoms with van der Waals surface area (Å²) in [5.41, 5.74) is -3.44. The van der Waals surface area contributed by atoms with Crippen LogP contribution in [0.4, 0.5) is 0 Å². The van der Waals surface area contributed by atoms with Gasteiger partial charge in [-0.2, -0.15) is 0 Å². The number of methoxy groups -OCH3 is 1. The summed E-state index contributed by atoms with van der Waals surface area (Å²) in [6.45, 7) is 16.9. The first-order chi connectivity index (χ1) is 43.9. The molecule has 2 fully saturated rings. The number of benzene rings is 5. The second-order valence-electron chi connectivity index (χ2n) is 26.5. The van der Waals surface area contributed by atoms with E-state index in [2.05, 4.69) is 4.74 Å². The lowest BCUT2D eigenvalue weighted by Gasteiger charge is -2.45. The Morgan fingerprint density at radius 2 is 1.04 bits per heavy atom. The van der Waals surface area contributed by atoms with E-state index in [-0.39, 0.29) is 97.6 Å². The standard InChI is InChI=1S/C30H24O6.C16H18O5.2C15H14O3/c1-14(2)12-15-13-28(3)25-21(20-22(31)16-8-4-5-9-17(16)23(32)24(20)36-28)30(35)19-11-7-6-10-18(19)26(33)29(15,25)27(30)34;1-10(2)8-9-15(19)13(17)11-6-4-5-7-12(11)16(15,20)14(18)21-3;1-15(2)8-7-11-12(16)9-5-3-4-6-10(9)13(17)14(11)18-15;1-9(2)7-8-12-13(16)10-5-3-4-6-11(10)14(17)15(12)18/h4-12,15,21,25,35H,13H2,1-3H3;4-8,19-20H,9H2,1-3H3;3-6H,7-8H2,1-2H3;3-7,16H,8H2,1-2H3. The van der Waals surface area contributed by atoms with E-state index in [0.29, 0.717) is 40.7 Å². The highest BCUT2D eigenvalue weighted by Gasteiger charge is 2.85. The molecule has 4 N–H and O–H groups in total. The summed E-state index contributed by atoms with van der Waals surface area (Å²) in [7, 11) is 1.10. The molecule has 7 aliphatic carbocycles. The van der Waals surface area contributed by atoms with E-state index < -0.39 is 86.2 Å². The third kappa shape index (κ3) is 9.67. The number of Topliss-reactive ketones (excluding diaryl/α,β-unsaturated/α-hetero) is 9. The molecule has 9 aliphatic rings. The van der Waals surface area contributed by atoms with E-state index in [1.807, 2.05) is 60.6 Å². The van der Waals surface area contributed by atoms with Gasteiger partial charge in [-0.15, -0.1) is 0 Å². The fourth-order valence-electron chi connectivity index (χ4n) is 15.1. The highest BCUT2D eigenvalue weighted by molar-refractivity contribution is 6.52. The van der Waals surface area contributed by atoms with Crippen LogP contribution in [0, 0.1) is 23.2 Å². The van der Waals surface area contributed by atoms with E-state index in [9.17, 15) is 68.4 Å². The highest BCUT2D eigenvalue weighted by atomic mass is 16.5. The van der Waals surface area contributed by atoms with Crippen LogP contribution >= 0.6 is 0 Å². The number of allylic oxidation sites excluding steroid dienone is 9. The number of hydrogen-bond acceptors (Lipinski definition) is 17. The fraction of sp³-hybridized carbons (Fsp3) is 0.316. The minimum atomic E-state index is -2.40. The third-order valence-corrected chi connectivity index (χ3v) is 19.4. The number of fused-ring (bicyclic) bond motifs is 9. The molecule has 8 unspecified atom stereocenters. The molecule has 17 nitrogen and oxygen atoms in total.